The van der Waals surface area contributed by atoms with E-state index >= 15 is 0 Å². The summed E-state index contributed by atoms with van der Waals surface area (Å²) < 4.78 is 1.74. The third-order valence-electron chi connectivity index (χ3n) is 4.88. The minimum absolute atomic E-state index is 0.0735. The molecule has 26 heavy (non-hydrogen) atoms. The summed E-state index contributed by atoms with van der Waals surface area (Å²) in [6.45, 7) is 1.95. The molecule has 0 bridgehead atoms. The lowest BCUT2D eigenvalue weighted by molar-refractivity contribution is -0.120. The summed E-state index contributed by atoms with van der Waals surface area (Å²) in [5.74, 6) is 0.823. The predicted molar refractivity (Wildman–Crippen MR) is 96.7 cm³/mol. The summed E-state index contributed by atoms with van der Waals surface area (Å²) in [4.78, 5) is 30.8. The highest BCUT2D eigenvalue weighted by Crippen LogP contribution is 2.32. The van der Waals surface area contributed by atoms with Crippen LogP contribution in [0.4, 0.5) is 0 Å². The number of likely N-dealkylation sites (N-methyl/N-ethyl adjacent to an activating group) is 1. The zero-order valence-electron chi connectivity index (χ0n) is 15.2. The van der Waals surface area contributed by atoms with Gasteiger partial charge in [-0.15, -0.1) is 0 Å². The van der Waals surface area contributed by atoms with Crippen molar-refractivity contribution in [1.82, 2.24) is 25.1 Å². The van der Waals surface area contributed by atoms with Gasteiger partial charge in [-0.3, -0.25) is 9.59 Å². The second-order valence-electron chi connectivity index (χ2n) is 6.63. The van der Waals surface area contributed by atoms with Crippen molar-refractivity contribution in [2.75, 3.05) is 7.05 Å². The van der Waals surface area contributed by atoms with Crippen LogP contribution < -0.4 is 10.9 Å². The number of aromatic nitrogens is 4. The van der Waals surface area contributed by atoms with E-state index in [4.69, 9.17) is 0 Å². The average Bonchev–Trinajstić information content (AvgIpc) is 3.05. The van der Waals surface area contributed by atoms with Crippen LogP contribution in [0.1, 0.15) is 50.2 Å². The van der Waals surface area contributed by atoms with Gasteiger partial charge in [0.25, 0.3) is 0 Å². The van der Waals surface area contributed by atoms with Gasteiger partial charge in [-0.2, -0.15) is 5.10 Å². The standard InChI is InChI=1S/C18H25N5O3/c1-3-12-11(8-9-16(25)20-12)18-21-15(10-17(26)19-2)22-23(18)13-6-4-5-7-14(13)24/h8-9,13-14,24H,3-7,10H2,1-2H3,(H,19,26)(H,20,25)/t13-,14-/m1/s1. The van der Waals surface area contributed by atoms with Crippen molar-refractivity contribution in [1.29, 1.82) is 0 Å². The monoisotopic (exact) mass is 359 g/mol. The third-order valence-corrected chi connectivity index (χ3v) is 4.88. The zero-order valence-corrected chi connectivity index (χ0v) is 15.2. The maximum Gasteiger partial charge on any atom is 0.248 e. The molecule has 1 fully saturated rings. The van der Waals surface area contributed by atoms with Crippen LogP contribution in [-0.4, -0.2) is 43.9 Å². The molecule has 0 unspecified atom stereocenters. The second kappa shape index (κ2) is 7.82. The van der Waals surface area contributed by atoms with E-state index in [1.807, 2.05) is 6.92 Å². The molecule has 3 rings (SSSR count). The summed E-state index contributed by atoms with van der Waals surface area (Å²) in [5, 5.41) is 17.6. The Hall–Kier alpha value is -2.48. The normalized spacial score (nSPS) is 20.1. The van der Waals surface area contributed by atoms with Crippen LogP contribution in [-0.2, 0) is 17.6 Å². The van der Waals surface area contributed by atoms with Crippen LogP contribution in [0.15, 0.2) is 16.9 Å². The summed E-state index contributed by atoms with van der Waals surface area (Å²) in [7, 11) is 1.57. The Balaban J connectivity index is 2.10. The average molecular weight is 359 g/mol. The van der Waals surface area contributed by atoms with Gasteiger partial charge in [-0.05, 0) is 25.3 Å². The molecule has 0 aromatic carbocycles. The SMILES string of the molecule is CCc1[nH]c(=O)ccc1-c1nc(CC(=O)NC)nn1[C@@H]1CCCC[C@H]1O. The van der Waals surface area contributed by atoms with Gasteiger partial charge in [0, 0.05) is 24.4 Å². The molecule has 1 aliphatic carbocycles. The Bertz CT molecular complexity index is 842. The van der Waals surface area contributed by atoms with Gasteiger partial charge in [0.15, 0.2) is 11.6 Å². The molecule has 8 nitrogen and oxygen atoms in total. The van der Waals surface area contributed by atoms with Crippen molar-refractivity contribution >= 4 is 5.91 Å². The number of amides is 1. The highest BCUT2D eigenvalue weighted by molar-refractivity contribution is 5.77. The first-order valence-corrected chi connectivity index (χ1v) is 9.10. The first-order valence-electron chi connectivity index (χ1n) is 9.10. The molecule has 1 aliphatic rings. The van der Waals surface area contributed by atoms with E-state index in [2.05, 4.69) is 20.4 Å². The summed E-state index contributed by atoms with van der Waals surface area (Å²) in [6.07, 6.45) is 3.75. The lowest BCUT2D eigenvalue weighted by Gasteiger charge is -2.28. The van der Waals surface area contributed by atoms with Crippen LogP contribution >= 0.6 is 0 Å². The van der Waals surface area contributed by atoms with E-state index in [9.17, 15) is 14.7 Å². The summed E-state index contributed by atoms with van der Waals surface area (Å²) >= 11 is 0. The molecule has 1 saturated carbocycles. The maximum absolute atomic E-state index is 11.7. The second-order valence-corrected chi connectivity index (χ2v) is 6.63. The fraction of sp³-hybridized carbons (Fsp3) is 0.556. The maximum atomic E-state index is 11.7. The Morgan fingerprint density at radius 3 is 2.85 bits per heavy atom. The fourth-order valence-electron chi connectivity index (χ4n) is 3.47. The molecule has 2 aromatic heterocycles. The molecule has 140 valence electrons. The van der Waals surface area contributed by atoms with Crippen LogP contribution in [0.2, 0.25) is 0 Å². The van der Waals surface area contributed by atoms with Gasteiger partial charge in [-0.1, -0.05) is 19.8 Å². The molecular weight excluding hydrogens is 334 g/mol. The van der Waals surface area contributed by atoms with Crippen LogP contribution in [0.25, 0.3) is 11.4 Å². The highest BCUT2D eigenvalue weighted by atomic mass is 16.3. The summed E-state index contributed by atoms with van der Waals surface area (Å²) in [6, 6.07) is 3.02. The Labute approximate surface area is 151 Å². The number of nitrogens with one attached hydrogen (secondary N) is 2. The minimum atomic E-state index is -0.495. The van der Waals surface area contributed by atoms with E-state index in [1.165, 1.54) is 6.07 Å². The Morgan fingerprint density at radius 2 is 2.15 bits per heavy atom. The number of hydrogen-bond acceptors (Lipinski definition) is 5. The van der Waals surface area contributed by atoms with Crippen molar-refractivity contribution in [3.05, 3.63) is 34.0 Å². The molecular formula is C18H25N5O3. The number of pyridine rings is 1. The minimum Gasteiger partial charge on any atom is -0.391 e. The molecule has 8 heteroatoms. The molecule has 2 heterocycles. The number of carbonyl (C=O) groups is 1. The topological polar surface area (TPSA) is 113 Å². The summed E-state index contributed by atoms with van der Waals surface area (Å²) in [5.41, 5.74) is 1.38. The first kappa shape index (κ1) is 18.3. The van der Waals surface area contributed by atoms with E-state index in [1.54, 1.807) is 17.8 Å². The number of aryl methyl sites for hydroxylation is 1. The van der Waals surface area contributed by atoms with Crippen molar-refractivity contribution in [2.24, 2.45) is 0 Å². The Kier molecular flexibility index (Phi) is 5.51. The molecule has 1 amide bonds. The van der Waals surface area contributed by atoms with Crippen LogP contribution in [0, 0.1) is 0 Å². The fourth-order valence-corrected chi connectivity index (χ4v) is 3.47. The third kappa shape index (κ3) is 3.70. The van der Waals surface area contributed by atoms with Crippen molar-refractivity contribution in [3.8, 4) is 11.4 Å². The number of H-pyrrole nitrogens is 1. The molecule has 3 N–H and O–H groups in total. The zero-order chi connectivity index (χ0) is 18.7. The molecule has 0 saturated heterocycles. The Morgan fingerprint density at radius 1 is 1.38 bits per heavy atom. The van der Waals surface area contributed by atoms with Crippen molar-refractivity contribution in [3.63, 3.8) is 0 Å². The van der Waals surface area contributed by atoms with Gasteiger partial charge >= 0.3 is 0 Å². The molecule has 2 aromatic rings. The lowest BCUT2D eigenvalue weighted by Crippen LogP contribution is -2.29. The number of hydrogen-bond donors (Lipinski definition) is 3. The molecule has 0 spiro atoms. The van der Waals surface area contributed by atoms with E-state index in [-0.39, 0.29) is 23.9 Å². The van der Waals surface area contributed by atoms with E-state index in [0.717, 1.165) is 36.9 Å². The largest absolute Gasteiger partial charge is 0.391 e. The van der Waals surface area contributed by atoms with Gasteiger partial charge in [-0.25, -0.2) is 9.67 Å². The van der Waals surface area contributed by atoms with Gasteiger partial charge in [0.05, 0.1) is 18.6 Å². The van der Waals surface area contributed by atoms with Gasteiger partial charge in [0.2, 0.25) is 11.5 Å². The molecule has 2 atom stereocenters. The lowest BCUT2D eigenvalue weighted by atomic mass is 9.92. The predicted octanol–water partition coefficient (Wildman–Crippen LogP) is 0.960. The van der Waals surface area contributed by atoms with E-state index < -0.39 is 6.10 Å². The van der Waals surface area contributed by atoms with Gasteiger partial charge in [0.1, 0.15) is 0 Å². The smallest absolute Gasteiger partial charge is 0.248 e. The highest BCUT2D eigenvalue weighted by Gasteiger charge is 2.29. The molecule has 0 radical (unpaired) electrons. The van der Waals surface area contributed by atoms with Crippen LogP contribution in [0.3, 0.4) is 0 Å². The van der Waals surface area contributed by atoms with Crippen LogP contribution in [0.5, 0.6) is 0 Å². The number of carbonyl (C=O) groups excluding carboxylic acids is 1. The molecule has 0 aliphatic heterocycles. The van der Waals surface area contributed by atoms with Gasteiger partial charge < -0.3 is 15.4 Å². The van der Waals surface area contributed by atoms with E-state index in [0.29, 0.717) is 18.1 Å². The number of nitrogens with zero attached hydrogens (tertiary/aromatic N) is 3. The van der Waals surface area contributed by atoms with Crippen molar-refractivity contribution < 1.29 is 9.90 Å². The number of aliphatic hydroxyl groups excluding tert-OH is 1. The van der Waals surface area contributed by atoms with Crippen molar-refractivity contribution in [2.45, 2.75) is 57.6 Å². The number of rotatable bonds is 5. The number of aromatic amines is 1. The first-order chi connectivity index (χ1) is 12.5. The quantitative estimate of drug-likeness (QED) is 0.736. The number of aliphatic hydroxyl groups is 1.